The number of alkyl halides is 3. The summed E-state index contributed by atoms with van der Waals surface area (Å²) in [4.78, 5) is 12.0. The Morgan fingerprint density at radius 3 is 2.38 bits per heavy atom. The van der Waals surface area contributed by atoms with Crippen LogP contribution in [0.2, 0.25) is 0 Å². The van der Waals surface area contributed by atoms with Gasteiger partial charge in [0, 0.05) is 11.6 Å². The molecular weight excluding hydrogens is 281 g/mol. The van der Waals surface area contributed by atoms with E-state index in [1.165, 1.54) is 24.3 Å². The van der Waals surface area contributed by atoms with Gasteiger partial charge in [0.15, 0.2) is 0 Å². The van der Waals surface area contributed by atoms with Crippen molar-refractivity contribution in [3.63, 3.8) is 0 Å². The maximum Gasteiger partial charge on any atom is 0.393 e. The van der Waals surface area contributed by atoms with Crippen LogP contribution in [0.5, 0.6) is 0 Å². The summed E-state index contributed by atoms with van der Waals surface area (Å²) in [6.07, 6.45) is -2.67. The van der Waals surface area contributed by atoms with Crippen LogP contribution in [0.1, 0.15) is 41.6 Å². The molecule has 1 saturated carbocycles. The number of amides is 1. The number of benzene rings is 1. The maximum atomic E-state index is 13.0. The number of nitriles is 1. The van der Waals surface area contributed by atoms with Crippen LogP contribution >= 0.6 is 0 Å². The van der Waals surface area contributed by atoms with E-state index in [1.54, 1.807) is 0 Å². The van der Waals surface area contributed by atoms with Crippen LogP contribution < -0.4 is 5.32 Å². The third kappa shape index (κ3) is 3.75. The van der Waals surface area contributed by atoms with Crippen molar-refractivity contribution in [2.45, 2.75) is 37.9 Å². The highest BCUT2D eigenvalue weighted by molar-refractivity contribution is 5.94. The van der Waals surface area contributed by atoms with E-state index in [0.717, 1.165) is 0 Å². The molecule has 1 aromatic rings. The van der Waals surface area contributed by atoms with Gasteiger partial charge >= 0.3 is 6.18 Å². The molecular formula is C15H15F3N2O. The number of carbonyl (C=O) groups is 1. The van der Waals surface area contributed by atoms with E-state index in [-0.39, 0.29) is 12.0 Å². The quantitative estimate of drug-likeness (QED) is 0.909. The molecule has 2 atom stereocenters. The van der Waals surface area contributed by atoms with Crippen LogP contribution in [0.4, 0.5) is 13.2 Å². The average Bonchev–Trinajstić information content (AvgIpc) is 2.47. The summed E-state index contributed by atoms with van der Waals surface area (Å²) >= 11 is 0. The Morgan fingerprint density at radius 2 is 1.81 bits per heavy atom. The first-order valence-electron chi connectivity index (χ1n) is 6.79. The zero-order valence-corrected chi connectivity index (χ0v) is 11.3. The standard InChI is InChI=1S/C15H15F3N2O/c16-15(17,18)12-3-1-2-4-13(12)20-14(21)11-7-5-10(9-19)6-8-11/h5-8,12-13H,1-4H2,(H,20,21)/t12-,13-/m0/s1. The van der Waals surface area contributed by atoms with Crippen LogP contribution in [0.15, 0.2) is 24.3 Å². The maximum absolute atomic E-state index is 13.0. The number of rotatable bonds is 2. The summed E-state index contributed by atoms with van der Waals surface area (Å²) in [5.74, 6) is -2.01. The molecule has 112 valence electrons. The van der Waals surface area contributed by atoms with Crippen LogP contribution in [0, 0.1) is 17.2 Å². The number of carbonyl (C=O) groups excluding carboxylic acids is 1. The molecule has 1 aliphatic carbocycles. The molecule has 6 heteroatoms. The highest BCUT2D eigenvalue weighted by atomic mass is 19.4. The van der Waals surface area contributed by atoms with Crippen LogP contribution in [-0.4, -0.2) is 18.1 Å². The fourth-order valence-electron chi connectivity index (χ4n) is 2.64. The van der Waals surface area contributed by atoms with Gasteiger partial charge in [0.05, 0.1) is 17.6 Å². The van der Waals surface area contributed by atoms with Crippen molar-refractivity contribution in [1.82, 2.24) is 5.32 Å². The molecule has 1 aromatic carbocycles. The Labute approximate surface area is 120 Å². The molecule has 0 aliphatic heterocycles. The van der Waals surface area contributed by atoms with E-state index in [4.69, 9.17) is 5.26 Å². The molecule has 0 spiro atoms. The summed E-state index contributed by atoms with van der Waals surface area (Å²) in [7, 11) is 0. The number of nitrogens with one attached hydrogen (secondary N) is 1. The number of halogens is 3. The SMILES string of the molecule is N#Cc1ccc(C(=O)N[C@H]2CCCC[C@@H]2C(F)(F)F)cc1. The van der Waals surface area contributed by atoms with Crippen molar-refractivity contribution in [3.8, 4) is 6.07 Å². The number of hydrogen-bond acceptors (Lipinski definition) is 2. The second-order valence-electron chi connectivity index (χ2n) is 5.20. The van der Waals surface area contributed by atoms with Gasteiger partial charge in [-0.3, -0.25) is 4.79 Å². The van der Waals surface area contributed by atoms with Crippen molar-refractivity contribution >= 4 is 5.91 Å². The molecule has 21 heavy (non-hydrogen) atoms. The molecule has 1 amide bonds. The normalized spacial score (nSPS) is 22.4. The molecule has 0 aromatic heterocycles. The van der Waals surface area contributed by atoms with Gasteiger partial charge in [-0.2, -0.15) is 18.4 Å². The lowest BCUT2D eigenvalue weighted by Gasteiger charge is -2.33. The molecule has 2 rings (SSSR count). The fraction of sp³-hybridized carbons (Fsp3) is 0.467. The van der Waals surface area contributed by atoms with Gasteiger partial charge in [-0.15, -0.1) is 0 Å². The summed E-state index contributed by atoms with van der Waals surface area (Å²) in [5, 5.41) is 11.2. The topological polar surface area (TPSA) is 52.9 Å². The molecule has 0 heterocycles. The van der Waals surface area contributed by atoms with Crippen LogP contribution in [0.3, 0.4) is 0 Å². The van der Waals surface area contributed by atoms with Crippen molar-refractivity contribution in [3.05, 3.63) is 35.4 Å². The zero-order chi connectivity index (χ0) is 15.5. The second-order valence-corrected chi connectivity index (χ2v) is 5.20. The summed E-state index contributed by atoms with van der Waals surface area (Å²) in [6.45, 7) is 0. The minimum Gasteiger partial charge on any atom is -0.349 e. The molecule has 1 fully saturated rings. The first kappa shape index (κ1) is 15.4. The monoisotopic (exact) mass is 296 g/mol. The highest BCUT2D eigenvalue weighted by Crippen LogP contribution is 2.37. The van der Waals surface area contributed by atoms with Crippen molar-refractivity contribution in [2.75, 3.05) is 0 Å². The van der Waals surface area contributed by atoms with Crippen molar-refractivity contribution in [1.29, 1.82) is 5.26 Å². The average molecular weight is 296 g/mol. The van der Waals surface area contributed by atoms with E-state index in [2.05, 4.69) is 5.32 Å². The van der Waals surface area contributed by atoms with Gasteiger partial charge in [-0.1, -0.05) is 12.8 Å². The molecule has 0 saturated heterocycles. The Bertz CT molecular complexity index is 546. The molecule has 0 bridgehead atoms. The largest absolute Gasteiger partial charge is 0.393 e. The minimum absolute atomic E-state index is 0.0574. The van der Waals surface area contributed by atoms with E-state index in [1.807, 2.05) is 6.07 Å². The molecule has 3 nitrogen and oxygen atoms in total. The lowest BCUT2D eigenvalue weighted by molar-refractivity contribution is -0.187. The third-order valence-electron chi connectivity index (χ3n) is 3.78. The Balaban J connectivity index is 2.08. The minimum atomic E-state index is -4.29. The van der Waals surface area contributed by atoms with Crippen LogP contribution in [0.25, 0.3) is 0 Å². The molecule has 1 aliphatic rings. The summed E-state index contributed by atoms with van der Waals surface area (Å²) in [6, 6.07) is 6.87. The number of hydrogen-bond donors (Lipinski definition) is 1. The fourth-order valence-corrected chi connectivity index (χ4v) is 2.64. The van der Waals surface area contributed by atoms with Gasteiger partial charge in [-0.25, -0.2) is 0 Å². The second kappa shape index (κ2) is 6.17. The Hall–Kier alpha value is -2.03. The van der Waals surface area contributed by atoms with Gasteiger partial charge in [0.1, 0.15) is 0 Å². The van der Waals surface area contributed by atoms with E-state index in [0.29, 0.717) is 24.8 Å². The predicted molar refractivity (Wildman–Crippen MR) is 70.4 cm³/mol. The van der Waals surface area contributed by atoms with Gasteiger partial charge in [0.25, 0.3) is 5.91 Å². The first-order valence-corrected chi connectivity index (χ1v) is 6.79. The number of nitrogens with zero attached hydrogens (tertiary/aromatic N) is 1. The zero-order valence-electron chi connectivity index (χ0n) is 11.3. The van der Waals surface area contributed by atoms with Gasteiger partial charge < -0.3 is 5.32 Å². The molecule has 1 N–H and O–H groups in total. The smallest absolute Gasteiger partial charge is 0.349 e. The van der Waals surface area contributed by atoms with Crippen molar-refractivity contribution in [2.24, 2.45) is 5.92 Å². The highest BCUT2D eigenvalue weighted by Gasteiger charge is 2.45. The third-order valence-corrected chi connectivity index (χ3v) is 3.78. The Kier molecular flexibility index (Phi) is 4.51. The van der Waals surface area contributed by atoms with Crippen molar-refractivity contribution < 1.29 is 18.0 Å². The lowest BCUT2D eigenvalue weighted by atomic mass is 9.84. The first-order chi connectivity index (χ1) is 9.91. The molecule has 0 radical (unpaired) electrons. The van der Waals surface area contributed by atoms with Gasteiger partial charge in [0.2, 0.25) is 0 Å². The van der Waals surface area contributed by atoms with E-state index in [9.17, 15) is 18.0 Å². The van der Waals surface area contributed by atoms with Gasteiger partial charge in [-0.05, 0) is 37.1 Å². The summed E-state index contributed by atoms with van der Waals surface area (Å²) < 4.78 is 38.9. The lowest BCUT2D eigenvalue weighted by Crippen LogP contribution is -2.47. The summed E-state index contributed by atoms with van der Waals surface area (Å²) in [5.41, 5.74) is 0.665. The van der Waals surface area contributed by atoms with E-state index < -0.39 is 24.0 Å². The van der Waals surface area contributed by atoms with Crippen LogP contribution in [-0.2, 0) is 0 Å². The molecule has 0 unspecified atom stereocenters. The Morgan fingerprint density at radius 1 is 1.19 bits per heavy atom. The van der Waals surface area contributed by atoms with E-state index >= 15 is 0 Å². The predicted octanol–water partition coefficient (Wildman–Crippen LogP) is 3.41.